The first-order valence-corrected chi connectivity index (χ1v) is 6.58. The van der Waals surface area contributed by atoms with E-state index in [0.29, 0.717) is 13.1 Å². The lowest BCUT2D eigenvalue weighted by Crippen LogP contribution is -2.44. The van der Waals surface area contributed by atoms with E-state index >= 15 is 0 Å². The minimum Gasteiger partial charge on any atom is -0.353 e. The molecule has 0 aromatic heterocycles. The maximum absolute atomic E-state index is 11.4. The van der Waals surface area contributed by atoms with Gasteiger partial charge in [-0.05, 0) is 27.7 Å². The minimum absolute atomic E-state index is 0.0974. The molecule has 0 aliphatic rings. The molecule has 0 bridgehead atoms. The third-order valence-corrected chi connectivity index (χ3v) is 2.50. The molecule has 0 rings (SSSR count). The molecule has 0 aliphatic carbocycles. The topological polar surface area (TPSA) is 58.2 Å². The van der Waals surface area contributed by atoms with Crippen LogP contribution in [0.4, 0.5) is 0 Å². The van der Waals surface area contributed by atoms with Crippen LogP contribution in [0, 0.1) is 0 Å². The second kappa shape index (κ2) is 6.00. The minimum atomic E-state index is -0.578. The van der Waals surface area contributed by atoms with Gasteiger partial charge in [-0.2, -0.15) is 0 Å². The summed E-state index contributed by atoms with van der Waals surface area (Å²) < 4.78 is -1.16. The Labute approximate surface area is 113 Å². The van der Waals surface area contributed by atoms with Crippen molar-refractivity contribution in [1.82, 2.24) is 10.6 Å². The molecule has 16 heavy (non-hydrogen) atoms. The van der Waals surface area contributed by atoms with Crippen LogP contribution in [0.25, 0.3) is 0 Å². The summed E-state index contributed by atoms with van der Waals surface area (Å²) in [7, 11) is 0. The second-order valence-electron chi connectivity index (χ2n) is 4.46. The van der Waals surface area contributed by atoms with Crippen molar-refractivity contribution < 1.29 is 9.59 Å². The Bertz CT molecular complexity index is 239. The number of halogens is 2. The van der Waals surface area contributed by atoms with E-state index in [1.165, 1.54) is 0 Å². The average Bonchev–Trinajstić information content (AvgIpc) is 2.08. The first kappa shape index (κ1) is 15.9. The predicted molar refractivity (Wildman–Crippen MR) is 72.0 cm³/mol. The number of carbonyl (C=O) groups excluding carboxylic acids is 2. The normalized spacial score (nSPS) is 12.1. The largest absolute Gasteiger partial charge is 0.353 e. The van der Waals surface area contributed by atoms with Gasteiger partial charge in [-0.1, -0.05) is 31.9 Å². The Balaban J connectivity index is 3.79. The van der Waals surface area contributed by atoms with Gasteiger partial charge in [0.2, 0.25) is 11.8 Å². The Hall–Kier alpha value is -0.100. The van der Waals surface area contributed by atoms with Crippen LogP contribution in [0.1, 0.15) is 27.7 Å². The lowest BCUT2D eigenvalue weighted by molar-refractivity contribution is -0.124. The number of amides is 2. The molecule has 0 radical (unpaired) electrons. The fourth-order valence-electron chi connectivity index (χ4n) is 0.772. The second-order valence-corrected chi connectivity index (χ2v) is 8.42. The van der Waals surface area contributed by atoms with Gasteiger partial charge >= 0.3 is 0 Å². The van der Waals surface area contributed by atoms with Crippen LogP contribution in [0.5, 0.6) is 0 Å². The van der Waals surface area contributed by atoms with Gasteiger partial charge in [-0.25, -0.2) is 0 Å². The number of carbonyl (C=O) groups is 2. The van der Waals surface area contributed by atoms with Crippen molar-refractivity contribution >= 4 is 43.7 Å². The molecule has 0 saturated carbocycles. The third-order valence-electron chi connectivity index (χ3n) is 1.78. The summed E-state index contributed by atoms with van der Waals surface area (Å²) in [4.78, 5) is 22.9. The van der Waals surface area contributed by atoms with Crippen LogP contribution in [0.2, 0.25) is 0 Å². The van der Waals surface area contributed by atoms with Crippen molar-refractivity contribution in [2.24, 2.45) is 0 Å². The third kappa shape index (κ3) is 6.48. The van der Waals surface area contributed by atoms with Gasteiger partial charge in [0, 0.05) is 13.1 Å². The highest BCUT2D eigenvalue weighted by atomic mass is 79.9. The molecule has 0 aliphatic heterocycles. The van der Waals surface area contributed by atoms with Crippen molar-refractivity contribution in [3.8, 4) is 0 Å². The van der Waals surface area contributed by atoms with Crippen molar-refractivity contribution in [3.05, 3.63) is 0 Å². The molecule has 0 saturated heterocycles. The molecular formula is C10H18Br2N2O2. The zero-order chi connectivity index (χ0) is 13.0. The zero-order valence-electron chi connectivity index (χ0n) is 9.99. The van der Waals surface area contributed by atoms with Crippen molar-refractivity contribution in [1.29, 1.82) is 0 Å². The van der Waals surface area contributed by atoms with Crippen LogP contribution in [-0.2, 0) is 9.59 Å². The molecule has 0 spiro atoms. The summed E-state index contributed by atoms with van der Waals surface area (Å²) in [5.74, 6) is -0.195. The van der Waals surface area contributed by atoms with E-state index in [-0.39, 0.29) is 11.8 Å². The monoisotopic (exact) mass is 356 g/mol. The smallest absolute Gasteiger partial charge is 0.236 e. The molecule has 2 amide bonds. The summed E-state index contributed by atoms with van der Waals surface area (Å²) in [6.45, 7) is 7.90. The molecule has 0 heterocycles. The van der Waals surface area contributed by atoms with E-state index < -0.39 is 8.65 Å². The predicted octanol–water partition coefficient (Wildman–Crippen LogP) is 1.57. The van der Waals surface area contributed by atoms with Crippen LogP contribution < -0.4 is 10.6 Å². The summed E-state index contributed by atoms with van der Waals surface area (Å²) in [5, 5.41) is 5.43. The van der Waals surface area contributed by atoms with Crippen molar-refractivity contribution in [3.63, 3.8) is 0 Å². The molecule has 6 heteroatoms. The number of hydrogen-bond acceptors (Lipinski definition) is 2. The van der Waals surface area contributed by atoms with E-state index in [0.717, 1.165) is 0 Å². The van der Waals surface area contributed by atoms with Crippen molar-refractivity contribution in [2.75, 3.05) is 13.1 Å². The highest BCUT2D eigenvalue weighted by molar-refractivity contribution is 9.10. The van der Waals surface area contributed by atoms with Gasteiger partial charge in [-0.3, -0.25) is 9.59 Å². The number of alkyl halides is 2. The van der Waals surface area contributed by atoms with Gasteiger partial charge in [-0.15, -0.1) is 0 Å². The van der Waals surface area contributed by atoms with Gasteiger partial charge in [0.05, 0.1) is 8.65 Å². The molecule has 94 valence electrons. The molecule has 0 atom stereocenters. The SMILES string of the molecule is CC(C)(Br)C(=O)NCCNC(=O)C(C)(C)Br. The standard InChI is InChI=1S/C10H18Br2N2O2/c1-9(2,11)7(15)13-5-6-14-8(16)10(3,4)12/h5-6H2,1-4H3,(H,13,15)(H,14,16). The molecular weight excluding hydrogens is 340 g/mol. The summed E-state index contributed by atoms with van der Waals surface area (Å²) in [5.41, 5.74) is 0. The fraction of sp³-hybridized carbons (Fsp3) is 0.800. The molecule has 0 aromatic rings. The van der Waals surface area contributed by atoms with E-state index in [4.69, 9.17) is 0 Å². The first-order valence-electron chi connectivity index (χ1n) is 4.99. The Morgan fingerprint density at radius 1 is 0.875 bits per heavy atom. The van der Waals surface area contributed by atoms with E-state index in [1.54, 1.807) is 27.7 Å². The van der Waals surface area contributed by atoms with Gasteiger partial charge < -0.3 is 10.6 Å². The number of nitrogens with one attached hydrogen (secondary N) is 2. The molecule has 4 nitrogen and oxygen atoms in total. The summed E-state index contributed by atoms with van der Waals surface area (Å²) in [6.07, 6.45) is 0. The van der Waals surface area contributed by atoms with E-state index in [2.05, 4.69) is 42.5 Å². The van der Waals surface area contributed by atoms with Crippen LogP contribution in [-0.4, -0.2) is 33.6 Å². The average molecular weight is 358 g/mol. The van der Waals surface area contributed by atoms with Crippen LogP contribution in [0.15, 0.2) is 0 Å². The molecule has 0 unspecified atom stereocenters. The summed E-state index contributed by atoms with van der Waals surface area (Å²) in [6, 6.07) is 0. The van der Waals surface area contributed by atoms with Crippen LogP contribution in [0.3, 0.4) is 0 Å². The maximum atomic E-state index is 11.4. The van der Waals surface area contributed by atoms with Gasteiger partial charge in [0.1, 0.15) is 0 Å². The van der Waals surface area contributed by atoms with E-state index in [1.807, 2.05) is 0 Å². The molecule has 0 fully saturated rings. The Kier molecular flexibility index (Phi) is 5.96. The Morgan fingerprint density at radius 3 is 1.31 bits per heavy atom. The Morgan fingerprint density at radius 2 is 1.12 bits per heavy atom. The molecule has 2 N–H and O–H groups in total. The lowest BCUT2D eigenvalue weighted by atomic mass is 10.2. The highest BCUT2D eigenvalue weighted by Crippen LogP contribution is 2.15. The molecule has 0 aromatic carbocycles. The first-order chi connectivity index (χ1) is 7.05. The summed E-state index contributed by atoms with van der Waals surface area (Å²) >= 11 is 6.50. The van der Waals surface area contributed by atoms with Crippen molar-refractivity contribution in [2.45, 2.75) is 36.3 Å². The number of hydrogen-bond donors (Lipinski definition) is 2. The lowest BCUT2D eigenvalue weighted by Gasteiger charge is -2.18. The maximum Gasteiger partial charge on any atom is 0.236 e. The fourth-order valence-corrected chi connectivity index (χ4v) is 1.05. The van der Waals surface area contributed by atoms with Gasteiger partial charge in [0.25, 0.3) is 0 Å². The van der Waals surface area contributed by atoms with Gasteiger partial charge in [0.15, 0.2) is 0 Å². The quantitative estimate of drug-likeness (QED) is 0.579. The zero-order valence-corrected chi connectivity index (χ0v) is 13.2. The number of rotatable bonds is 5. The van der Waals surface area contributed by atoms with E-state index in [9.17, 15) is 9.59 Å². The van der Waals surface area contributed by atoms with Crippen LogP contribution >= 0.6 is 31.9 Å². The highest BCUT2D eigenvalue weighted by Gasteiger charge is 2.24.